The lowest BCUT2D eigenvalue weighted by atomic mass is 10.0. The summed E-state index contributed by atoms with van der Waals surface area (Å²) in [4.78, 5) is 30.8. The molecule has 1 aliphatic heterocycles. The van der Waals surface area contributed by atoms with E-state index in [-0.39, 0.29) is 17.9 Å². The number of aromatic amines is 1. The first kappa shape index (κ1) is 18.3. The summed E-state index contributed by atoms with van der Waals surface area (Å²) in [5, 5.41) is 3.61. The zero-order valence-electron chi connectivity index (χ0n) is 16.0. The minimum absolute atomic E-state index is 0.0627. The van der Waals surface area contributed by atoms with E-state index in [2.05, 4.69) is 10.3 Å². The molecule has 2 aromatic carbocycles. The average molecular weight is 377 g/mol. The summed E-state index contributed by atoms with van der Waals surface area (Å²) in [6.45, 7) is 3.44. The third kappa shape index (κ3) is 3.64. The van der Waals surface area contributed by atoms with Crippen LogP contribution in [-0.2, 0) is 17.8 Å². The van der Waals surface area contributed by atoms with Crippen LogP contribution in [0, 0.1) is 6.92 Å². The van der Waals surface area contributed by atoms with Crippen molar-refractivity contribution in [1.29, 1.82) is 0 Å². The Balaban J connectivity index is 1.48. The Morgan fingerprint density at radius 1 is 1.21 bits per heavy atom. The number of aromatic nitrogens is 1. The number of pyridine rings is 1. The van der Waals surface area contributed by atoms with Crippen molar-refractivity contribution in [2.45, 2.75) is 19.9 Å². The number of carbonyl (C=O) groups excluding carboxylic acids is 1. The zero-order chi connectivity index (χ0) is 19.7. The van der Waals surface area contributed by atoms with Gasteiger partial charge in [0.05, 0.1) is 13.7 Å². The number of carbonyl (C=O) groups is 1. The van der Waals surface area contributed by atoms with Gasteiger partial charge in [-0.2, -0.15) is 0 Å². The molecule has 0 radical (unpaired) electrons. The summed E-state index contributed by atoms with van der Waals surface area (Å²) in [5.74, 6) is 0.647. The highest BCUT2D eigenvalue weighted by molar-refractivity contribution is 5.92. The van der Waals surface area contributed by atoms with E-state index in [9.17, 15) is 9.59 Å². The van der Waals surface area contributed by atoms with E-state index in [1.807, 2.05) is 30.0 Å². The number of amides is 1. The molecule has 0 saturated heterocycles. The first-order valence-corrected chi connectivity index (χ1v) is 9.34. The Bertz CT molecular complexity index is 1090. The number of methoxy groups -OCH3 is 1. The fourth-order valence-electron chi connectivity index (χ4n) is 3.66. The van der Waals surface area contributed by atoms with Crippen LogP contribution < -0.4 is 15.5 Å². The molecule has 3 aromatic rings. The van der Waals surface area contributed by atoms with Gasteiger partial charge < -0.3 is 15.0 Å². The highest BCUT2D eigenvalue weighted by Gasteiger charge is 2.22. The van der Waals surface area contributed by atoms with Gasteiger partial charge in [-0.3, -0.25) is 14.5 Å². The van der Waals surface area contributed by atoms with Gasteiger partial charge in [0.15, 0.2) is 5.43 Å². The number of rotatable bonds is 4. The minimum Gasteiger partial charge on any atom is -0.497 e. The predicted molar refractivity (Wildman–Crippen MR) is 110 cm³/mol. The van der Waals surface area contributed by atoms with Crippen LogP contribution in [0.5, 0.6) is 5.75 Å². The molecule has 144 valence electrons. The molecular formula is C22H23N3O3. The molecule has 2 N–H and O–H groups in total. The number of anilines is 1. The van der Waals surface area contributed by atoms with Crippen LogP contribution in [0.3, 0.4) is 0 Å². The van der Waals surface area contributed by atoms with Crippen LogP contribution in [0.1, 0.15) is 16.8 Å². The lowest BCUT2D eigenvalue weighted by molar-refractivity contribution is -0.117. The van der Waals surface area contributed by atoms with Crippen molar-refractivity contribution in [3.05, 3.63) is 69.5 Å². The Morgan fingerprint density at radius 2 is 2.00 bits per heavy atom. The third-order valence-corrected chi connectivity index (χ3v) is 5.14. The van der Waals surface area contributed by atoms with Crippen LogP contribution >= 0.6 is 0 Å². The molecule has 1 aliphatic rings. The fourth-order valence-corrected chi connectivity index (χ4v) is 3.66. The smallest absolute Gasteiger partial charge is 0.238 e. The standard InChI is InChI=1S/C22H23N3O3/c1-14-3-8-19-17(11-14)22(27)18-12-25(10-9-20(18)24-19)13-21(26)23-15-4-6-16(28-2)7-5-15/h3-8,11H,9-10,12-13H2,1-2H3,(H,23,26)(H,24,27). The van der Waals surface area contributed by atoms with Gasteiger partial charge in [-0.1, -0.05) is 11.6 Å². The largest absolute Gasteiger partial charge is 0.497 e. The second kappa shape index (κ2) is 7.48. The quantitative estimate of drug-likeness (QED) is 0.733. The van der Waals surface area contributed by atoms with E-state index >= 15 is 0 Å². The van der Waals surface area contributed by atoms with E-state index < -0.39 is 0 Å². The summed E-state index contributed by atoms with van der Waals surface area (Å²) in [6.07, 6.45) is 0.726. The number of H-pyrrole nitrogens is 1. The van der Waals surface area contributed by atoms with Crippen molar-refractivity contribution < 1.29 is 9.53 Å². The summed E-state index contributed by atoms with van der Waals surface area (Å²) in [5.41, 5.74) is 4.47. The highest BCUT2D eigenvalue weighted by Crippen LogP contribution is 2.19. The average Bonchev–Trinajstić information content (AvgIpc) is 2.70. The molecule has 0 atom stereocenters. The van der Waals surface area contributed by atoms with Crippen LogP contribution in [0.15, 0.2) is 47.3 Å². The number of hydrogen-bond acceptors (Lipinski definition) is 4. The number of benzene rings is 2. The number of fused-ring (bicyclic) bond motifs is 2. The monoisotopic (exact) mass is 377 g/mol. The maximum absolute atomic E-state index is 12.9. The van der Waals surface area contributed by atoms with Crippen molar-refractivity contribution in [2.75, 3.05) is 25.5 Å². The maximum Gasteiger partial charge on any atom is 0.238 e. The molecule has 0 aliphatic carbocycles. The number of nitrogens with one attached hydrogen (secondary N) is 2. The number of nitrogens with zero attached hydrogens (tertiary/aromatic N) is 1. The zero-order valence-corrected chi connectivity index (χ0v) is 16.0. The molecule has 1 aromatic heterocycles. The third-order valence-electron chi connectivity index (χ3n) is 5.14. The molecule has 6 heteroatoms. The second-order valence-corrected chi connectivity index (χ2v) is 7.20. The van der Waals surface area contributed by atoms with Gasteiger partial charge in [-0.25, -0.2) is 0 Å². The molecule has 0 fully saturated rings. The summed E-state index contributed by atoms with van der Waals surface area (Å²) < 4.78 is 5.12. The predicted octanol–water partition coefficient (Wildman–Crippen LogP) is 2.84. The lowest BCUT2D eigenvalue weighted by Crippen LogP contribution is -2.39. The van der Waals surface area contributed by atoms with Gasteiger partial charge in [0.25, 0.3) is 0 Å². The van der Waals surface area contributed by atoms with Crippen molar-refractivity contribution in [3.8, 4) is 5.75 Å². The summed E-state index contributed by atoms with van der Waals surface area (Å²) in [6, 6.07) is 13.1. The first-order valence-electron chi connectivity index (χ1n) is 9.34. The second-order valence-electron chi connectivity index (χ2n) is 7.20. The van der Waals surface area contributed by atoms with Crippen molar-refractivity contribution in [1.82, 2.24) is 9.88 Å². The molecule has 0 unspecified atom stereocenters. The Hall–Kier alpha value is -3.12. The van der Waals surface area contributed by atoms with E-state index in [1.54, 1.807) is 31.4 Å². The van der Waals surface area contributed by atoms with Crippen molar-refractivity contribution in [3.63, 3.8) is 0 Å². The summed E-state index contributed by atoms with van der Waals surface area (Å²) in [7, 11) is 1.61. The molecule has 6 nitrogen and oxygen atoms in total. The van der Waals surface area contributed by atoms with Gasteiger partial charge in [0, 0.05) is 47.4 Å². The molecule has 2 heterocycles. The fraction of sp³-hybridized carbons (Fsp3) is 0.273. The van der Waals surface area contributed by atoms with Crippen molar-refractivity contribution in [2.24, 2.45) is 0 Å². The van der Waals surface area contributed by atoms with Gasteiger partial charge >= 0.3 is 0 Å². The van der Waals surface area contributed by atoms with Crippen LogP contribution in [0.2, 0.25) is 0 Å². The van der Waals surface area contributed by atoms with E-state index in [1.165, 1.54) is 0 Å². The number of ether oxygens (including phenoxy) is 1. The Labute approximate surface area is 163 Å². The SMILES string of the molecule is COc1ccc(NC(=O)CN2CCc3[nH]c4ccc(C)cc4c(=O)c3C2)cc1. The molecular weight excluding hydrogens is 354 g/mol. The number of hydrogen-bond donors (Lipinski definition) is 2. The van der Waals surface area contributed by atoms with Gasteiger partial charge in [-0.15, -0.1) is 0 Å². The van der Waals surface area contributed by atoms with E-state index in [0.717, 1.165) is 46.7 Å². The van der Waals surface area contributed by atoms with E-state index in [0.29, 0.717) is 11.9 Å². The topological polar surface area (TPSA) is 74.4 Å². The summed E-state index contributed by atoms with van der Waals surface area (Å²) >= 11 is 0. The normalized spacial score (nSPS) is 13.9. The van der Waals surface area contributed by atoms with E-state index in [4.69, 9.17) is 4.74 Å². The first-order chi connectivity index (χ1) is 13.5. The maximum atomic E-state index is 12.9. The van der Waals surface area contributed by atoms with Gasteiger partial charge in [0.2, 0.25) is 5.91 Å². The minimum atomic E-state index is -0.0957. The van der Waals surface area contributed by atoms with Crippen LogP contribution in [0.25, 0.3) is 10.9 Å². The Kier molecular flexibility index (Phi) is 4.88. The van der Waals surface area contributed by atoms with Gasteiger partial charge in [-0.05, 0) is 43.3 Å². The van der Waals surface area contributed by atoms with Crippen LogP contribution in [0.4, 0.5) is 5.69 Å². The molecule has 0 saturated carbocycles. The molecule has 1 amide bonds. The Morgan fingerprint density at radius 3 is 2.75 bits per heavy atom. The molecule has 28 heavy (non-hydrogen) atoms. The van der Waals surface area contributed by atoms with Crippen molar-refractivity contribution >= 4 is 22.5 Å². The lowest BCUT2D eigenvalue weighted by Gasteiger charge is -2.27. The van der Waals surface area contributed by atoms with Gasteiger partial charge in [0.1, 0.15) is 5.75 Å². The number of aryl methyl sites for hydroxylation is 1. The van der Waals surface area contributed by atoms with Crippen LogP contribution in [-0.4, -0.2) is 36.0 Å². The molecule has 4 rings (SSSR count). The highest BCUT2D eigenvalue weighted by atomic mass is 16.5. The molecule has 0 bridgehead atoms. The molecule has 0 spiro atoms.